The Bertz CT molecular complexity index is 461. The van der Waals surface area contributed by atoms with Gasteiger partial charge in [0, 0.05) is 6.54 Å². The van der Waals surface area contributed by atoms with Crippen molar-refractivity contribution in [2.75, 3.05) is 6.54 Å². The van der Waals surface area contributed by atoms with Gasteiger partial charge < -0.3 is 10.4 Å². The zero-order valence-corrected chi connectivity index (χ0v) is 10.9. The molecule has 112 valence electrons. The molecule has 0 aliphatic heterocycles. The molecular formula is C14H17F4NO. The maximum Gasteiger partial charge on any atom is 0.416 e. The fourth-order valence-electron chi connectivity index (χ4n) is 2.57. The van der Waals surface area contributed by atoms with Crippen LogP contribution < -0.4 is 5.32 Å². The number of hydrogen-bond donors (Lipinski definition) is 2. The second kappa shape index (κ2) is 6.10. The van der Waals surface area contributed by atoms with Crippen LogP contribution in [0, 0.1) is 11.7 Å². The van der Waals surface area contributed by atoms with Crippen LogP contribution >= 0.6 is 0 Å². The molecule has 1 saturated carbocycles. The van der Waals surface area contributed by atoms with Crippen molar-refractivity contribution in [2.24, 2.45) is 5.92 Å². The third-order valence-electron chi connectivity index (χ3n) is 3.56. The summed E-state index contributed by atoms with van der Waals surface area (Å²) in [6, 6.07) is 2.56. The number of aliphatic hydroxyl groups excluding tert-OH is 1. The molecule has 2 unspecified atom stereocenters. The van der Waals surface area contributed by atoms with E-state index in [4.69, 9.17) is 0 Å². The number of rotatable bonds is 4. The summed E-state index contributed by atoms with van der Waals surface area (Å²) in [6.07, 6.45) is -2.42. The van der Waals surface area contributed by atoms with Crippen molar-refractivity contribution >= 4 is 0 Å². The molecular weight excluding hydrogens is 274 g/mol. The molecule has 2 rings (SSSR count). The molecule has 0 saturated heterocycles. The zero-order valence-electron chi connectivity index (χ0n) is 10.9. The Morgan fingerprint density at radius 1 is 1.20 bits per heavy atom. The second-order valence-electron chi connectivity index (χ2n) is 5.31. The molecule has 0 spiro atoms. The molecule has 1 aromatic rings. The minimum absolute atomic E-state index is 0.188. The van der Waals surface area contributed by atoms with Crippen molar-refractivity contribution in [3.05, 3.63) is 35.1 Å². The van der Waals surface area contributed by atoms with Crippen molar-refractivity contribution in [3.8, 4) is 0 Å². The first-order chi connectivity index (χ1) is 9.34. The van der Waals surface area contributed by atoms with Gasteiger partial charge in [-0.05, 0) is 55.5 Å². The van der Waals surface area contributed by atoms with Crippen molar-refractivity contribution < 1.29 is 22.7 Å². The predicted octanol–water partition coefficient (Wildman–Crippen LogP) is 3.10. The monoisotopic (exact) mass is 291 g/mol. The van der Waals surface area contributed by atoms with E-state index >= 15 is 0 Å². The fraction of sp³-hybridized carbons (Fsp3) is 0.571. The summed E-state index contributed by atoms with van der Waals surface area (Å²) >= 11 is 0. The molecule has 0 heterocycles. The molecule has 2 N–H and O–H groups in total. The number of benzene rings is 1. The first kappa shape index (κ1) is 15.3. The van der Waals surface area contributed by atoms with Gasteiger partial charge in [-0.25, -0.2) is 4.39 Å². The molecule has 1 fully saturated rings. The van der Waals surface area contributed by atoms with Gasteiger partial charge >= 0.3 is 6.18 Å². The Balaban J connectivity index is 1.91. The Kier molecular flexibility index (Phi) is 4.65. The van der Waals surface area contributed by atoms with Crippen molar-refractivity contribution in [1.29, 1.82) is 0 Å². The van der Waals surface area contributed by atoms with E-state index in [0.717, 1.165) is 25.0 Å². The second-order valence-corrected chi connectivity index (χ2v) is 5.31. The molecule has 2 nitrogen and oxygen atoms in total. The number of aliphatic hydroxyl groups is 1. The summed E-state index contributed by atoms with van der Waals surface area (Å²) in [6.45, 7) is 0.808. The highest BCUT2D eigenvalue weighted by atomic mass is 19.4. The van der Waals surface area contributed by atoms with Gasteiger partial charge in [-0.3, -0.25) is 0 Å². The topological polar surface area (TPSA) is 32.3 Å². The molecule has 0 amide bonds. The Morgan fingerprint density at radius 2 is 1.95 bits per heavy atom. The molecule has 2 atom stereocenters. The molecule has 0 aromatic heterocycles. The number of halogens is 4. The normalized spacial score (nSPS) is 23.2. The van der Waals surface area contributed by atoms with E-state index in [1.54, 1.807) is 0 Å². The third kappa shape index (κ3) is 4.18. The first-order valence-corrected chi connectivity index (χ1v) is 6.60. The average molecular weight is 291 g/mol. The summed E-state index contributed by atoms with van der Waals surface area (Å²) in [5.41, 5.74) is -0.693. The molecule has 1 aromatic carbocycles. The molecule has 0 bridgehead atoms. The van der Waals surface area contributed by atoms with Crippen molar-refractivity contribution in [2.45, 2.75) is 38.1 Å². The van der Waals surface area contributed by atoms with Gasteiger partial charge in [0.25, 0.3) is 0 Å². The lowest BCUT2D eigenvalue weighted by molar-refractivity contribution is -0.137. The van der Waals surface area contributed by atoms with Crippen LogP contribution in [0.5, 0.6) is 0 Å². The fourth-order valence-corrected chi connectivity index (χ4v) is 2.57. The first-order valence-electron chi connectivity index (χ1n) is 6.60. The van der Waals surface area contributed by atoms with Crippen LogP contribution in [0.15, 0.2) is 18.2 Å². The molecule has 20 heavy (non-hydrogen) atoms. The highest BCUT2D eigenvalue weighted by Gasteiger charge is 2.31. The van der Waals surface area contributed by atoms with Crippen LogP contribution in [0.2, 0.25) is 0 Å². The van der Waals surface area contributed by atoms with Crippen molar-refractivity contribution in [1.82, 2.24) is 5.32 Å². The molecule has 1 aliphatic carbocycles. The van der Waals surface area contributed by atoms with E-state index in [0.29, 0.717) is 24.9 Å². The lowest BCUT2D eigenvalue weighted by atomic mass is 10.1. The van der Waals surface area contributed by atoms with Gasteiger partial charge in [-0.15, -0.1) is 0 Å². The van der Waals surface area contributed by atoms with Crippen LogP contribution in [0.4, 0.5) is 17.6 Å². The summed E-state index contributed by atoms with van der Waals surface area (Å²) < 4.78 is 50.8. The maximum atomic E-state index is 13.2. The smallest absolute Gasteiger partial charge is 0.393 e. The van der Waals surface area contributed by atoms with E-state index in [1.807, 2.05) is 0 Å². The largest absolute Gasteiger partial charge is 0.416 e. The maximum absolute atomic E-state index is 13.2. The highest BCUT2D eigenvalue weighted by Crippen LogP contribution is 2.30. The minimum atomic E-state index is -4.54. The van der Waals surface area contributed by atoms with Gasteiger partial charge in [0.2, 0.25) is 0 Å². The minimum Gasteiger partial charge on any atom is -0.393 e. The van der Waals surface area contributed by atoms with Crippen molar-refractivity contribution in [3.63, 3.8) is 0 Å². The van der Waals surface area contributed by atoms with E-state index in [9.17, 15) is 22.7 Å². The van der Waals surface area contributed by atoms with Gasteiger partial charge in [0.05, 0.1) is 11.7 Å². The van der Waals surface area contributed by atoms with Crippen LogP contribution in [-0.2, 0) is 12.7 Å². The predicted molar refractivity (Wildman–Crippen MR) is 66.5 cm³/mol. The van der Waals surface area contributed by atoms with E-state index in [1.165, 1.54) is 0 Å². The summed E-state index contributed by atoms with van der Waals surface area (Å²) in [5, 5.41) is 12.4. The van der Waals surface area contributed by atoms with Gasteiger partial charge in [0.15, 0.2) is 0 Å². The quantitative estimate of drug-likeness (QED) is 0.836. The molecule has 6 heteroatoms. The van der Waals surface area contributed by atoms with Crippen LogP contribution in [0.25, 0.3) is 0 Å². The van der Waals surface area contributed by atoms with Gasteiger partial charge in [-0.1, -0.05) is 0 Å². The summed E-state index contributed by atoms with van der Waals surface area (Å²) in [7, 11) is 0. The van der Waals surface area contributed by atoms with E-state index < -0.39 is 17.6 Å². The van der Waals surface area contributed by atoms with Crippen LogP contribution in [0.3, 0.4) is 0 Å². The van der Waals surface area contributed by atoms with Gasteiger partial charge in [0.1, 0.15) is 5.82 Å². The van der Waals surface area contributed by atoms with E-state index in [2.05, 4.69) is 5.32 Å². The highest BCUT2D eigenvalue weighted by molar-refractivity contribution is 5.26. The SMILES string of the molecule is OC1CCC(CNCc2cc(F)cc(C(F)(F)F)c2)C1. The summed E-state index contributed by atoms with van der Waals surface area (Å²) in [4.78, 5) is 0. The zero-order chi connectivity index (χ0) is 14.8. The average Bonchev–Trinajstić information content (AvgIpc) is 2.73. The Labute approximate surface area is 114 Å². The Morgan fingerprint density at radius 3 is 2.55 bits per heavy atom. The number of hydrogen-bond acceptors (Lipinski definition) is 2. The van der Waals surface area contributed by atoms with Crippen LogP contribution in [0.1, 0.15) is 30.4 Å². The lowest BCUT2D eigenvalue weighted by Crippen LogP contribution is -2.21. The van der Waals surface area contributed by atoms with Gasteiger partial charge in [-0.2, -0.15) is 13.2 Å². The van der Waals surface area contributed by atoms with Crippen LogP contribution in [-0.4, -0.2) is 17.8 Å². The Hall–Kier alpha value is -1.14. The number of nitrogens with one attached hydrogen (secondary N) is 1. The standard InChI is InChI=1S/C14H17F4NO/c15-12-4-10(3-11(6-12)14(16,17)18)8-19-7-9-1-2-13(20)5-9/h3-4,6,9,13,19-20H,1-2,5,7-8H2. The van der Waals surface area contributed by atoms with E-state index in [-0.39, 0.29) is 18.2 Å². The lowest BCUT2D eigenvalue weighted by Gasteiger charge is -2.12. The number of alkyl halides is 3. The third-order valence-corrected chi connectivity index (χ3v) is 3.56. The summed E-state index contributed by atoms with van der Waals surface area (Å²) in [5.74, 6) is -0.548. The molecule has 1 aliphatic rings. The molecule has 0 radical (unpaired) electrons.